The van der Waals surface area contributed by atoms with Crippen molar-refractivity contribution in [3.05, 3.63) is 65.3 Å². The third-order valence-corrected chi connectivity index (χ3v) is 3.71. The Hall–Kier alpha value is -3.12. The summed E-state index contributed by atoms with van der Waals surface area (Å²) in [5.41, 5.74) is 2.99. The molecule has 3 aromatic rings. The molecule has 0 spiro atoms. The maximum Gasteiger partial charge on any atom is 0.259 e. The van der Waals surface area contributed by atoms with Crippen LogP contribution >= 0.6 is 11.6 Å². The van der Waals surface area contributed by atoms with Gasteiger partial charge in [0.15, 0.2) is 0 Å². The first-order chi connectivity index (χ1) is 12.0. The number of carbonyl (C=O) groups is 2. The van der Waals surface area contributed by atoms with Crippen LogP contribution < -0.4 is 10.6 Å². The number of aromatic nitrogens is 2. The van der Waals surface area contributed by atoms with E-state index in [0.717, 1.165) is 5.56 Å². The van der Waals surface area contributed by atoms with Crippen LogP contribution in [0.15, 0.2) is 54.7 Å². The first-order valence-electron chi connectivity index (χ1n) is 7.51. The lowest BCUT2D eigenvalue weighted by molar-refractivity contribution is -0.114. The Bertz CT molecular complexity index is 919. The van der Waals surface area contributed by atoms with Gasteiger partial charge in [0, 0.05) is 28.9 Å². The van der Waals surface area contributed by atoms with E-state index in [4.69, 9.17) is 11.6 Å². The molecular formula is C18H15ClN4O2. The molecule has 0 saturated heterocycles. The van der Waals surface area contributed by atoms with Crippen molar-refractivity contribution < 1.29 is 9.59 Å². The fourth-order valence-corrected chi connectivity index (χ4v) is 2.50. The van der Waals surface area contributed by atoms with Gasteiger partial charge in [0.1, 0.15) is 0 Å². The Labute approximate surface area is 149 Å². The predicted octanol–water partition coefficient (Wildman–Crippen LogP) is 3.94. The normalized spacial score (nSPS) is 10.3. The summed E-state index contributed by atoms with van der Waals surface area (Å²) in [6.45, 7) is 1.43. The van der Waals surface area contributed by atoms with Crippen LogP contribution in [0.25, 0.3) is 11.3 Å². The van der Waals surface area contributed by atoms with Crippen molar-refractivity contribution in [2.45, 2.75) is 6.92 Å². The number of halogens is 1. The van der Waals surface area contributed by atoms with Gasteiger partial charge in [-0.15, -0.1) is 0 Å². The van der Waals surface area contributed by atoms with E-state index in [9.17, 15) is 9.59 Å². The van der Waals surface area contributed by atoms with E-state index in [1.807, 2.05) is 12.1 Å². The highest BCUT2D eigenvalue weighted by atomic mass is 35.5. The molecule has 126 valence electrons. The molecule has 7 heteroatoms. The molecule has 3 N–H and O–H groups in total. The van der Waals surface area contributed by atoms with Crippen molar-refractivity contribution in [1.82, 2.24) is 10.2 Å². The van der Waals surface area contributed by atoms with Gasteiger partial charge in [0.25, 0.3) is 5.91 Å². The number of nitrogens with zero attached hydrogens (tertiary/aromatic N) is 1. The number of carbonyl (C=O) groups excluding carboxylic acids is 2. The number of H-pyrrole nitrogens is 1. The average Bonchev–Trinajstić information content (AvgIpc) is 3.05. The number of amides is 2. The molecule has 0 radical (unpaired) electrons. The van der Waals surface area contributed by atoms with Gasteiger partial charge in [-0.2, -0.15) is 5.10 Å². The molecular weight excluding hydrogens is 340 g/mol. The number of anilines is 2. The van der Waals surface area contributed by atoms with Crippen LogP contribution in [0, 0.1) is 0 Å². The van der Waals surface area contributed by atoms with Crippen molar-refractivity contribution in [2.75, 3.05) is 10.6 Å². The molecule has 0 aliphatic rings. The second-order valence-corrected chi connectivity index (χ2v) is 5.82. The van der Waals surface area contributed by atoms with Crippen LogP contribution in [0.2, 0.25) is 5.02 Å². The van der Waals surface area contributed by atoms with Crippen LogP contribution in [0.4, 0.5) is 11.4 Å². The maximum atomic E-state index is 12.6. The minimum Gasteiger partial charge on any atom is -0.326 e. The Morgan fingerprint density at radius 2 is 1.72 bits per heavy atom. The molecule has 0 aliphatic heterocycles. The minimum absolute atomic E-state index is 0.177. The van der Waals surface area contributed by atoms with E-state index >= 15 is 0 Å². The highest BCUT2D eigenvalue weighted by molar-refractivity contribution is 6.30. The van der Waals surface area contributed by atoms with Gasteiger partial charge in [-0.1, -0.05) is 29.8 Å². The lowest BCUT2D eigenvalue weighted by atomic mass is 10.1. The zero-order valence-electron chi connectivity index (χ0n) is 13.3. The molecule has 0 fully saturated rings. The van der Waals surface area contributed by atoms with Crippen LogP contribution in [-0.2, 0) is 4.79 Å². The second kappa shape index (κ2) is 7.19. The number of benzene rings is 2. The molecule has 0 bridgehead atoms. The van der Waals surface area contributed by atoms with Gasteiger partial charge in [-0.05, 0) is 30.3 Å². The number of rotatable bonds is 4. The van der Waals surface area contributed by atoms with Gasteiger partial charge in [-0.25, -0.2) is 0 Å². The molecule has 25 heavy (non-hydrogen) atoms. The number of nitrogens with one attached hydrogen (secondary N) is 3. The first-order valence-corrected chi connectivity index (χ1v) is 7.89. The monoisotopic (exact) mass is 354 g/mol. The van der Waals surface area contributed by atoms with Crippen LogP contribution in [0.3, 0.4) is 0 Å². The summed E-state index contributed by atoms with van der Waals surface area (Å²) >= 11 is 5.90. The standard InChI is InChI=1S/C18H15ClN4O2/c1-11(24)21-14-3-2-4-15(9-14)22-18(25)16-10-20-23-17(16)12-5-7-13(19)8-6-12/h2-10H,1H3,(H,20,23)(H,21,24)(H,22,25). The summed E-state index contributed by atoms with van der Waals surface area (Å²) in [6, 6.07) is 14.0. The maximum absolute atomic E-state index is 12.6. The Morgan fingerprint density at radius 1 is 1.04 bits per heavy atom. The zero-order chi connectivity index (χ0) is 17.8. The van der Waals surface area contributed by atoms with Crippen molar-refractivity contribution in [2.24, 2.45) is 0 Å². The van der Waals surface area contributed by atoms with Gasteiger partial charge in [-0.3, -0.25) is 14.7 Å². The van der Waals surface area contributed by atoms with Crippen molar-refractivity contribution in [1.29, 1.82) is 0 Å². The smallest absolute Gasteiger partial charge is 0.259 e. The molecule has 2 aromatic carbocycles. The topological polar surface area (TPSA) is 86.9 Å². The zero-order valence-corrected chi connectivity index (χ0v) is 14.1. The van der Waals surface area contributed by atoms with Crippen molar-refractivity contribution >= 4 is 34.8 Å². The van der Waals surface area contributed by atoms with E-state index < -0.39 is 0 Å². The molecule has 2 amide bonds. The third-order valence-electron chi connectivity index (χ3n) is 3.46. The van der Waals surface area contributed by atoms with E-state index in [-0.39, 0.29) is 11.8 Å². The van der Waals surface area contributed by atoms with Gasteiger partial charge < -0.3 is 10.6 Å². The SMILES string of the molecule is CC(=O)Nc1cccc(NC(=O)c2cn[nH]c2-c2ccc(Cl)cc2)c1. The number of hydrogen-bond acceptors (Lipinski definition) is 3. The Balaban J connectivity index is 1.82. The van der Waals surface area contributed by atoms with E-state index in [1.165, 1.54) is 13.1 Å². The second-order valence-electron chi connectivity index (χ2n) is 5.38. The molecule has 0 unspecified atom stereocenters. The number of hydrogen-bond donors (Lipinski definition) is 3. The molecule has 0 saturated carbocycles. The highest BCUT2D eigenvalue weighted by Gasteiger charge is 2.15. The largest absolute Gasteiger partial charge is 0.326 e. The predicted molar refractivity (Wildman–Crippen MR) is 97.7 cm³/mol. The molecule has 3 rings (SSSR count). The molecule has 0 aliphatic carbocycles. The van der Waals surface area contributed by atoms with Crippen LogP contribution in [0.1, 0.15) is 17.3 Å². The summed E-state index contributed by atoms with van der Waals surface area (Å²) in [5, 5.41) is 12.9. The Morgan fingerprint density at radius 3 is 2.40 bits per heavy atom. The van der Waals surface area contributed by atoms with Crippen molar-refractivity contribution in [3.63, 3.8) is 0 Å². The van der Waals surface area contributed by atoms with Gasteiger partial charge >= 0.3 is 0 Å². The molecule has 1 heterocycles. The number of aromatic amines is 1. The quantitative estimate of drug-likeness (QED) is 0.663. The summed E-state index contributed by atoms with van der Waals surface area (Å²) in [5.74, 6) is -0.484. The fraction of sp³-hybridized carbons (Fsp3) is 0.0556. The molecule has 1 aromatic heterocycles. The Kier molecular flexibility index (Phi) is 4.81. The summed E-state index contributed by atoms with van der Waals surface area (Å²) < 4.78 is 0. The fourth-order valence-electron chi connectivity index (χ4n) is 2.37. The lowest BCUT2D eigenvalue weighted by Gasteiger charge is -2.08. The third kappa shape index (κ3) is 4.05. The highest BCUT2D eigenvalue weighted by Crippen LogP contribution is 2.24. The molecule has 6 nitrogen and oxygen atoms in total. The van der Waals surface area contributed by atoms with E-state index in [2.05, 4.69) is 20.8 Å². The average molecular weight is 355 g/mol. The van der Waals surface area contributed by atoms with Crippen LogP contribution in [-0.4, -0.2) is 22.0 Å². The summed E-state index contributed by atoms with van der Waals surface area (Å²) in [7, 11) is 0. The van der Waals surface area contributed by atoms with Crippen molar-refractivity contribution in [3.8, 4) is 11.3 Å². The van der Waals surface area contributed by atoms with E-state index in [1.54, 1.807) is 36.4 Å². The summed E-state index contributed by atoms with van der Waals surface area (Å²) in [6.07, 6.45) is 1.47. The van der Waals surface area contributed by atoms with E-state index in [0.29, 0.717) is 27.7 Å². The first kappa shape index (κ1) is 16.7. The van der Waals surface area contributed by atoms with Crippen LogP contribution in [0.5, 0.6) is 0 Å². The molecule has 0 atom stereocenters. The van der Waals surface area contributed by atoms with Gasteiger partial charge in [0.05, 0.1) is 17.5 Å². The minimum atomic E-state index is -0.307. The lowest BCUT2D eigenvalue weighted by Crippen LogP contribution is -2.13. The van der Waals surface area contributed by atoms with Gasteiger partial charge in [0.2, 0.25) is 5.91 Å². The summed E-state index contributed by atoms with van der Waals surface area (Å²) in [4.78, 5) is 23.7.